The second kappa shape index (κ2) is 7.63. The second-order valence-electron chi connectivity index (χ2n) is 4.88. The number of amides is 1. The maximum atomic E-state index is 11.9. The van der Waals surface area contributed by atoms with Gasteiger partial charge in [-0.15, -0.1) is 0 Å². The largest absolute Gasteiger partial charge is 0.365 e. The fourth-order valence-corrected chi connectivity index (χ4v) is 2.21. The Balaban J connectivity index is 2.24. The van der Waals surface area contributed by atoms with Crippen molar-refractivity contribution in [3.8, 4) is 0 Å². The van der Waals surface area contributed by atoms with Crippen molar-refractivity contribution in [1.82, 2.24) is 9.91 Å². The molecular weight excluding hydrogens is 264 g/mol. The van der Waals surface area contributed by atoms with Gasteiger partial charge in [0.25, 0.3) is 5.96 Å². The number of nitro groups is 1. The van der Waals surface area contributed by atoms with Crippen LogP contribution in [0.3, 0.4) is 0 Å². The van der Waals surface area contributed by atoms with Gasteiger partial charge in [0, 0.05) is 13.1 Å². The highest BCUT2D eigenvalue weighted by Gasteiger charge is 2.23. The van der Waals surface area contributed by atoms with Crippen molar-refractivity contribution < 1.29 is 9.83 Å². The molecule has 1 saturated heterocycles. The molecule has 114 valence electrons. The van der Waals surface area contributed by atoms with Crippen LogP contribution in [0.4, 0.5) is 0 Å². The lowest BCUT2D eigenvalue weighted by Crippen LogP contribution is -2.43. The second-order valence-corrected chi connectivity index (χ2v) is 4.88. The Bertz CT molecular complexity index is 355. The quantitative estimate of drug-likeness (QED) is 0.189. The Kier molecular flexibility index (Phi) is 6.16. The maximum absolute atomic E-state index is 11.9. The molecule has 0 radical (unpaired) electrons. The summed E-state index contributed by atoms with van der Waals surface area (Å²) < 4.78 is 0. The number of carbonyl (C=O) groups excluding carboxylic acids is 1. The Labute approximate surface area is 117 Å². The minimum absolute atomic E-state index is 0.0415. The number of nitrogens with one attached hydrogen (secondary N) is 1. The van der Waals surface area contributed by atoms with Crippen LogP contribution < -0.4 is 11.5 Å². The normalized spacial score (nSPS) is 15.9. The van der Waals surface area contributed by atoms with Gasteiger partial charge in [-0.25, -0.2) is 10.1 Å². The Morgan fingerprint density at radius 2 is 2.00 bits per heavy atom. The van der Waals surface area contributed by atoms with Gasteiger partial charge in [0.1, 0.15) is 0 Å². The summed E-state index contributed by atoms with van der Waals surface area (Å²) in [7, 11) is 0. The van der Waals surface area contributed by atoms with Crippen molar-refractivity contribution in [2.45, 2.75) is 38.1 Å². The molecule has 9 nitrogen and oxygen atoms in total. The number of hydrogen-bond acceptors (Lipinski definition) is 5. The summed E-state index contributed by atoms with van der Waals surface area (Å²) in [6, 6.07) is -0.547. The van der Waals surface area contributed by atoms with Gasteiger partial charge < -0.3 is 16.4 Å². The predicted molar refractivity (Wildman–Crippen MR) is 73.3 cm³/mol. The number of hydrazine groups is 1. The molecule has 1 heterocycles. The van der Waals surface area contributed by atoms with Crippen molar-refractivity contribution in [3.05, 3.63) is 10.1 Å². The summed E-state index contributed by atoms with van der Waals surface area (Å²) in [5.41, 5.74) is 10.9. The van der Waals surface area contributed by atoms with Crippen LogP contribution in [-0.2, 0) is 4.79 Å². The smallest absolute Gasteiger partial charge is 0.251 e. The minimum Gasteiger partial charge on any atom is -0.365 e. The van der Waals surface area contributed by atoms with Crippen molar-refractivity contribution >= 4 is 11.9 Å². The van der Waals surface area contributed by atoms with Crippen molar-refractivity contribution in [1.29, 1.82) is 5.41 Å². The van der Waals surface area contributed by atoms with Gasteiger partial charge in [-0.1, -0.05) is 5.01 Å². The molecule has 0 bridgehead atoms. The molecule has 1 amide bonds. The van der Waals surface area contributed by atoms with Gasteiger partial charge in [-0.3, -0.25) is 10.2 Å². The van der Waals surface area contributed by atoms with E-state index in [1.807, 2.05) is 0 Å². The van der Waals surface area contributed by atoms with Gasteiger partial charge in [0.2, 0.25) is 5.91 Å². The highest BCUT2D eigenvalue weighted by Crippen LogP contribution is 2.11. The zero-order valence-corrected chi connectivity index (χ0v) is 11.5. The van der Waals surface area contributed by atoms with Gasteiger partial charge in [0.05, 0.1) is 12.6 Å². The zero-order valence-electron chi connectivity index (χ0n) is 11.5. The molecule has 0 unspecified atom stereocenters. The van der Waals surface area contributed by atoms with E-state index >= 15 is 0 Å². The fraction of sp³-hybridized carbons (Fsp3) is 0.818. The van der Waals surface area contributed by atoms with Gasteiger partial charge in [0.15, 0.2) is 5.03 Å². The number of likely N-dealkylation sites (tertiary alicyclic amines) is 1. The lowest BCUT2D eigenvalue weighted by Gasteiger charge is -2.20. The first-order valence-electron chi connectivity index (χ1n) is 6.73. The number of nitrogens with two attached hydrogens (primary N) is 2. The molecule has 0 aromatic heterocycles. The van der Waals surface area contributed by atoms with E-state index < -0.39 is 17.0 Å². The SMILES string of the molecule is N=C(N)N(CCCC[C@H](N)C(=O)N1CCCC1)[N+](=O)[O-]. The van der Waals surface area contributed by atoms with E-state index in [2.05, 4.69) is 0 Å². The van der Waals surface area contributed by atoms with Crippen LogP contribution in [0.1, 0.15) is 32.1 Å². The predicted octanol–water partition coefficient (Wildman–Crippen LogP) is -0.506. The van der Waals surface area contributed by atoms with E-state index in [0.717, 1.165) is 25.9 Å². The van der Waals surface area contributed by atoms with E-state index in [1.54, 1.807) is 4.90 Å². The Morgan fingerprint density at radius 3 is 2.50 bits per heavy atom. The summed E-state index contributed by atoms with van der Waals surface area (Å²) in [6.45, 7) is 1.59. The standard InChI is InChI=1S/C11H22N6O3/c12-9(10(18)15-6-3-4-7-15)5-1-2-8-16(11(13)14)17(19)20/h9H,1-8,12H2,(H3,13,14)/t9-/m0/s1. The van der Waals surface area contributed by atoms with Crippen LogP contribution in [0.5, 0.6) is 0 Å². The van der Waals surface area contributed by atoms with Gasteiger partial charge in [-0.05, 0) is 32.1 Å². The van der Waals surface area contributed by atoms with Crippen LogP contribution in [0.15, 0.2) is 0 Å². The van der Waals surface area contributed by atoms with Crippen LogP contribution in [0, 0.1) is 15.5 Å². The molecule has 1 aliphatic heterocycles. The Morgan fingerprint density at radius 1 is 1.40 bits per heavy atom. The summed E-state index contributed by atoms with van der Waals surface area (Å²) >= 11 is 0. The maximum Gasteiger partial charge on any atom is 0.251 e. The van der Waals surface area contributed by atoms with Crippen molar-refractivity contribution in [2.75, 3.05) is 19.6 Å². The molecule has 5 N–H and O–H groups in total. The molecule has 9 heteroatoms. The van der Waals surface area contributed by atoms with Crippen molar-refractivity contribution in [3.63, 3.8) is 0 Å². The highest BCUT2D eigenvalue weighted by molar-refractivity contribution is 5.81. The van der Waals surface area contributed by atoms with E-state index in [-0.39, 0.29) is 12.5 Å². The minimum atomic E-state index is -0.711. The third-order valence-electron chi connectivity index (χ3n) is 3.35. The van der Waals surface area contributed by atoms with Crippen LogP contribution in [-0.4, -0.2) is 52.5 Å². The molecule has 1 rings (SSSR count). The van der Waals surface area contributed by atoms with E-state index in [0.29, 0.717) is 24.3 Å². The molecule has 0 saturated carbocycles. The lowest BCUT2D eigenvalue weighted by molar-refractivity contribution is -0.629. The lowest BCUT2D eigenvalue weighted by atomic mass is 10.1. The Hall–Kier alpha value is -1.90. The van der Waals surface area contributed by atoms with Gasteiger partial charge in [-0.2, -0.15) is 0 Å². The van der Waals surface area contributed by atoms with Crippen molar-refractivity contribution in [2.24, 2.45) is 11.5 Å². The molecular formula is C11H22N6O3. The fourth-order valence-electron chi connectivity index (χ4n) is 2.21. The molecule has 0 aromatic carbocycles. The first-order valence-corrected chi connectivity index (χ1v) is 6.73. The topological polar surface area (TPSA) is 143 Å². The van der Waals surface area contributed by atoms with E-state index in [1.165, 1.54) is 0 Å². The van der Waals surface area contributed by atoms with Crippen LogP contribution in [0.2, 0.25) is 0 Å². The summed E-state index contributed by atoms with van der Waals surface area (Å²) in [4.78, 5) is 24.3. The zero-order chi connectivity index (χ0) is 15.1. The number of unbranched alkanes of at least 4 members (excludes halogenated alkanes) is 1. The van der Waals surface area contributed by atoms with Gasteiger partial charge >= 0.3 is 0 Å². The molecule has 20 heavy (non-hydrogen) atoms. The molecule has 1 aliphatic rings. The van der Waals surface area contributed by atoms with Crippen LogP contribution >= 0.6 is 0 Å². The molecule has 0 spiro atoms. The van der Waals surface area contributed by atoms with E-state index in [4.69, 9.17) is 16.9 Å². The molecule has 1 fully saturated rings. The average Bonchev–Trinajstić information content (AvgIpc) is 2.90. The third-order valence-corrected chi connectivity index (χ3v) is 3.35. The highest BCUT2D eigenvalue weighted by atomic mass is 16.7. The summed E-state index contributed by atoms with van der Waals surface area (Å²) in [5, 5.41) is 17.5. The number of carbonyl (C=O) groups is 1. The monoisotopic (exact) mass is 286 g/mol. The number of guanidine groups is 1. The average molecular weight is 286 g/mol. The first kappa shape index (κ1) is 16.2. The third kappa shape index (κ3) is 4.65. The van der Waals surface area contributed by atoms with E-state index in [9.17, 15) is 14.9 Å². The molecule has 0 aromatic rings. The first-order chi connectivity index (χ1) is 9.43. The summed E-state index contributed by atoms with van der Waals surface area (Å²) in [6.07, 6.45) is 3.57. The number of rotatable bonds is 7. The molecule has 1 atom stereocenters. The molecule has 0 aliphatic carbocycles. The number of hydrogen-bond donors (Lipinski definition) is 3. The van der Waals surface area contributed by atoms with Crippen LogP contribution in [0.25, 0.3) is 0 Å². The number of nitrogens with zero attached hydrogens (tertiary/aromatic N) is 3. The summed E-state index contributed by atoms with van der Waals surface area (Å²) in [5.74, 6) is -0.632.